The molecule has 5 heteroatoms. The maximum Gasteiger partial charge on any atom is 0.185 e. The minimum Gasteiger partial charge on any atom is -0.396 e. The molecule has 3 rings (SSSR count). The molecule has 2 aromatic rings. The number of rotatable bonds is 2. The lowest BCUT2D eigenvalue weighted by Crippen LogP contribution is -2.00. The van der Waals surface area contributed by atoms with Crippen LogP contribution >= 0.6 is 0 Å². The number of nitrogens with zero attached hydrogens (tertiary/aromatic N) is 1. The second kappa shape index (κ2) is 4.95. The smallest absolute Gasteiger partial charge is 0.185 e. The van der Waals surface area contributed by atoms with E-state index < -0.39 is 5.82 Å². The van der Waals surface area contributed by atoms with E-state index in [2.05, 4.69) is 4.98 Å². The molecule has 2 N–H and O–H groups in total. The third kappa shape index (κ3) is 2.30. The first kappa shape index (κ1) is 12.1. The molecule has 0 aliphatic carbocycles. The van der Waals surface area contributed by atoms with Crippen LogP contribution in [-0.4, -0.2) is 18.2 Å². The fourth-order valence-corrected chi connectivity index (χ4v) is 2.00. The topological polar surface area (TPSA) is 57.4 Å². The molecule has 1 aromatic carbocycles. The van der Waals surface area contributed by atoms with Crippen LogP contribution in [0.2, 0.25) is 0 Å². The van der Waals surface area contributed by atoms with E-state index in [9.17, 15) is 4.39 Å². The second-order valence-corrected chi connectivity index (χ2v) is 4.26. The first-order valence-corrected chi connectivity index (χ1v) is 5.99. The van der Waals surface area contributed by atoms with Crippen LogP contribution in [0.3, 0.4) is 0 Å². The van der Waals surface area contributed by atoms with Gasteiger partial charge in [0.2, 0.25) is 0 Å². The van der Waals surface area contributed by atoms with E-state index in [0.717, 1.165) is 5.56 Å². The van der Waals surface area contributed by atoms with Gasteiger partial charge in [-0.2, -0.15) is 0 Å². The molecule has 1 saturated heterocycles. The highest BCUT2D eigenvalue weighted by atomic mass is 19.1. The molecular weight excluding hydrogens is 247 g/mol. The number of benzene rings is 1. The van der Waals surface area contributed by atoms with Gasteiger partial charge >= 0.3 is 0 Å². The summed E-state index contributed by atoms with van der Waals surface area (Å²) in [7, 11) is 0. The van der Waals surface area contributed by atoms with Crippen molar-refractivity contribution in [1.82, 2.24) is 4.98 Å². The third-order valence-corrected chi connectivity index (χ3v) is 2.98. The summed E-state index contributed by atoms with van der Waals surface area (Å²) in [5, 5.41) is 0. The molecule has 98 valence electrons. The molecule has 0 spiro atoms. The largest absolute Gasteiger partial charge is 0.396 e. The Morgan fingerprint density at radius 1 is 1.16 bits per heavy atom. The molecule has 0 saturated carbocycles. The highest BCUT2D eigenvalue weighted by molar-refractivity contribution is 5.65. The lowest BCUT2D eigenvalue weighted by Gasteiger charge is -2.10. The molecule has 2 heterocycles. The third-order valence-electron chi connectivity index (χ3n) is 2.98. The maximum atomic E-state index is 13.9. The Morgan fingerprint density at radius 3 is 2.63 bits per heavy atom. The summed E-state index contributed by atoms with van der Waals surface area (Å²) in [5.74, 6) is -0.448. The average molecular weight is 260 g/mol. The minimum atomic E-state index is -0.448. The first-order chi connectivity index (χ1) is 9.25. The molecule has 4 nitrogen and oxygen atoms in total. The van der Waals surface area contributed by atoms with Crippen molar-refractivity contribution in [2.45, 2.75) is 6.29 Å². The fourth-order valence-electron chi connectivity index (χ4n) is 2.00. The van der Waals surface area contributed by atoms with Crippen LogP contribution in [0.25, 0.3) is 11.3 Å². The monoisotopic (exact) mass is 260 g/mol. The SMILES string of the molecule is Nc1cccc(-c2ccc(C3OCCO3)cn2)c1F. The van der Waals surface area contributed by atoms with E-state index in [1.165, 1.54) is 6.07 Å². The maximum absolute atomic E-state index is 13.9. The van der Waals surface area contributed by atoms with Gasteiger partial charge < -0.3 is 15.2 Å². The highest BCUT2D eigenvalue weighted by Gasteiger charge is 2.18. The second-order valence-electron chi connectivity index (χ2n) is 4.26. The molecule has 0 radical (unpaired) electrons. The van der Waals surface area contributed by atoms with Crippen LogP contribution in [0, 0.1) is 5.82 Å². The van der Waals surface area contributed by atoms with Crippen molar-refractivity contribution < 1.29 is 13.9 Å². The van der Waals surface area contributed by atoms with E-state index in [1.54, 1.807) is 24.4 Å². The Labute approximate surface area is 110 Å². The Balaban J connectivity index is 1.91. The standard InChI is InChI=1S/C14H13FN2O2/c15-13-10(2-1-3-11(13)16)12-5-4-9(8-17-12)14-18-6-7-19-14/h1-5,8,14H,6-7,16H2. The summed E-state index contributed by atoms with van der Waals surface area (Å²) in [4.78, 5) is 4.24. The molecular formula is C14H13FN2O2. The zero-order valence-electron chi connectivity index (χ0n) is 10.2. The number of nitrogen functional groups attached to an aromatic ring is 1. The molecule has 0 atom stereocenters. The number of hydrogen-bond acceptors (Lipinski definition) is 4. The number of aromatic nitrogens is 1. The molecule has 1 fully saturated rings. The van der Waals surface area contributed by atoms with E-state index in [4.69, 9.17) is 15.2 Å². The Bertz CT molecular complexity index is 580. The van der Waals surface area contributed by atoms with E-state index in [-0.39, 0.29) is 12.0 Å². The Hall–Kier alpha value is -1.98. The van der Waals surface area contributed by atoms with Crippen molar-refractivity contribution in [1.29, 1.82) is 0 Å². The van der Waals surface area contributed by atoms with Crippen LogP contribution in [0.1, 0.15) is 11.9 Å². The van der Waals surface area contributed by atoms with Gasteiger partial charge in [0.25, 0.3) is 0 Å². The molecule has 0 unspecified atom stereocenters. The van der Waals surface area contributed by atoms with Crippen molar-refractivity contribution in [2.75, 3.05) is 18.9 Å². The number of nitrogens with two attached hydrogens (primary N) is 1. The van der Waals surface area contributed by atoms with Gasteiger partial charge in [-0.3, -0.25) is 4.98 Å². The molecule has 19 heavy (non-hydrogen) atoms. The zero-order valence-corrected chi connectivity index (χ0v) is 10.2. The normalized spacial score (nSPS) is 15.8. The van der Waals surface area contributed by atoms with Crippen LogP contribution in [0.5, 0.6) is 0 Å². The zero-order chi connectivity index (χ0) is 13.2. The van der Waals surface area contributed by atoms with Crippen molar-refractivity contribution in [3.8, 4) is 11.3 Å². The van der Waals surface area contributed by atoms with Gasteiger partial charge in [-0.25, -0.2) is 4.39 Å². The van der Waals surface area contributed by atoms with E-state index >= 15 is 0 Å². The summed E-state index contributed by atoms with van der Waals surface area (Å²) in [6, 6.07) is 8.43. The van der Waals surface area contributed by atoms with Gasteiger partial charge in [0, 0.05) is 17.3 Å². The lowest BCUT2D eigenvalue weighted by atomic mass is 10.1. The lowest BCUT2D eigenvalue weighted by molar-refractivity contribution is -0.0443. The molecule has 1 aliphatic heterocycles. The number of ether oxygens (including phenoxy) is 2. The summed E-state index contributed by atoms with van der Waals surface area (Å²) >= 11 is 0. The van der Waals surface area contributed by atoms with Gasteiger partial charge in [-0.15, -0.1) is 0 Å². The number of pyridine rings is 1. The van der Waals surface area contributed by atoms with E-state index in [1.807, 2.05) is 6.07 Å². The predicted molar refractivity (Wildman–Crippen MR) is 68.7 cm³/mol. The Morgan fingerprint density at radius 2 is 1.95 bits per heavy atom. The van der Waals surface area contributed by atoms with Crippen LogP contribution < -0.4 is 5.73 Å². The van der Waals surface area contributed by atoms with Gasteiger partial charge in [-0.1, -0.05) is 12.1 Å². The average Bonchev–Trinajstić information content (AvgIpc) is 2.96. The summed E-state index contributed by atoms with van der Waals surface area (Å²) in [6.45, 7) is 1.16. The fraction of sp³-hybridized carbons (Fsp3) is 0.214. The molecule has 0 amide bonds. The molecule has 1 aliphatic rings. The number of halogens is 1. The van der Waals surface area contributed by atoms with Gasteiger partial charge in [0.05, 0.1) is 24.6 Å². The van der Waals surface area contributed by atoms with Crippen molar-refractivity contribution in [3.63, 3.8) is 0 Å². The number of hydrogen-bond donors (Lipinski definition) is 1. The van der Waals surface area contributed by atoms with Crippen molar-refractivity contribution in [3.05, 3.63) is 47.9 Å². The highest BCUT2D eigenvalue weighted by Crippen LogP contribution is 2.27. The predicted octanol–water partition coefficient (Wildman–Crippen LogP) is 2.52. The van der Waals surface area contributed by atoms with Crippen LogP contribution in [0.15, 0.2) is 36.5 Å². The Kier molecular flexibility index (Phi) is 3.15. The van der Waals surface area contributed by atoms with Crippen molar-refractivity contribution >= 4 is 5.69 Å². The quantitative estimate of drug-likeness (QED) is 0.843. The molecule has 1 aromatic heterocycles. The first-order valence-electron chi connectivity index (χ1n) is 5.99. The van der Waals surface area contributed by atoms with Crippen molar-refractivity contribution in [2.24, 2.45) is 0 Å². The number of anilines is 1. The van der Waals surface area contributed by atoms with Gasteiger partial charge in [0.15, 0.2) is 12.1 Å². The summed E-state index contributed by atoms with van der Waals surface area (Å²) in [5.41, 5.74) is 7.41. The summed E-state index contributed by atoms with van der Waals surface area (Å²) in [6.07, 6.45) is 1.26. The minimum absolute atomic E-state index is 0.117. The van der Waals surface area contributed by atoms with Crippen LogP contribution in [-0.2, 0) is 9.47 Å². The molecule has 0 bridgehead atoms. The van der Waals surface area contributed by atoms with Gasteiger partial charge in [0.1, 0.15) is 0 Å². The van der Waals surface area contributed by atoms with Crippen LogP contribution in [0.4, 0.5) is 10.1 Å². The van der Waals surface area contributed by atoms with E-state index in [0.29, 0.717) is 24.5 Å². The summed E-state index contributed by atoms with van der Waals surface area (Å²) < 4.78 is 24.6. The van der Waals surface area contributed by atoms with Gasteiger partial charge in [-0.05, 0) is 18.2 Å².